The van der Waals surface area contributed by atoms with E-state index in [1.165, 1.54) is 18.4 Å². The topological polar surface area (TPSA) is 81.4 Å². The Balaban J connectivity index is 2.67. The molecule has 0 aliphatic rings. The summed E-state index contributed by atoms with van der Waals surface area (Å²) in [6.45, 7) is 6.67. The van der Waals surface area contributed by atoms with E-state index in [1.807, 2.05) is 12.3 Å². The number of methoxy groups -OCH3 is 1. The number of thiophene rings is 1. The first-order valence-corrected chi connectivity index (χ1v) is 7.85. The van der Waals surface area contributed by atoms with Crippen molar-refractivity contribution in [2.24, 2.45) is 11.1 Å². The molecule has 0 aromatic carbocycles. The number of rotatable bonds is 7. The second-order valence-electron chi connectivity index (χ2n) is 5.87. The van der Waals surface area contributed by atoms with Gasteiger partial charge in [-0.15, -0.1) is 11.3 Å². The molecule has 1 amide bonds. The summed E-state index contributed by atoms with van der Waals surface area (Å²) >= 11 is 1.28. The van der Waals surface area contributed by atoms with Gasteiger partial charge in [-0.05, 0) is 42.7 Å². The number of ether oxygens (including phenoxy) is 1. The van der Waals surface area contributed by atoms with Crippen molar-refractivity contribution in [3.63, 3.8) is 0 Å². The van der Waals surface area contributed by atoms with Gasteiger partial charge in [-0.2, -0.15) is 0 Å². The highest BCUT2D eigenvalue weighted by molar-refractivity contribution is 7.12. The molecule has 0 radical (unpaired) electrons. The third-order valence-corrected chi connectivity index (χ3v) is 4.54. The van der Waals surface area contributed by atoms with E-state index in [0.29, 0.717) is 23.5 Å². The number of carbonyl (C=O) groups is 2. The third-order valence-electron chi connectivity index (χ3n) is 3.46. The van der Waals surface area contributed by atoms with Crippen LogP contribution in [0.5, 0.6) is 0 Å². The van der Waals surface area contributed by atoms with Gasteiger partial charge in [-0.3, -0.25) is 4.79 Å². The highest BCUT2D eigenvalue weighted by Crippen LogP contribution is 2.30. The number of esters is 1. The second-order valence-corrected chi connectivity index (χ2v) is 6.75. The summed E-state index contributed by atoms with van der Waals surface area (Å²) in [6, 6.07) is 0. The number of nitrogens with one attached hydrogen (secondary N) is 1. The van der Waals surface area contributed by atoms with Crippen LogP contribution in [-0.4, -0.2) is 25.5 Å². The Hall–Kier alpha value is -1.40. The molecule has 1 heterocycles. The van der Waals surface area contributed by atoms with E-state index < -0.39 is 5.97 Å². The smallest absolute Gasteiger partial charge is 0.350 e. The van der Waals surface area contributed by atoms with Gasteiger partial charge in [0.05, 0.1) is 12.8 Å². The number of aryl methyl sites for hydroxylation is 1. The van der Waals surface area contributed by atoms with E-state index in [2.05, 4.69) is 19.2 Å². The molecule has 1 aromatic rings. The standard InChI is InChI=1S/C15H24N2O3S/c1-10-9-21-13(14(19)20-4)12(10)17-11(18)5-6-15(2,3)7-8-16/h9H,5-8,16H2,1-4H3,(H,17,18). The minimum atomic E-state index is -0.424. The lowest BCUT2D eigenvalue weighted by Crippen LogP contribution is -2.21. The van der Waals surface area contributed by atoms with Gasteiger partial charge < -0.3 is 15.8 Å². The molecule has 0 spiro atoms. The summed E-state index contributed by atoms with van der Waals surface area (Å²) in [4.78, 5) is 24.2. The van der Waals surface area contributed by atoms with Gasteiger partial charge in [0.2, 0.25) is 5.91 Å². The summed E-state index contributed by atoms with van der Waals surface area (Å²) in [5.74, 6) is -0.515. The average Bonchev–Trinajstić information content (AvgIpc) is 2.77. The molecular formula is C15H24N2O3S. The lowest BCUT2D eigenvalue weighted by molar-refractivity contribution is -0.116. The lowest BCUT2D eigenvalue weighted by atomic mass is 9.84. The summed E-state index contributed by atoms with van der Waals surface area (Å²) in [5.41, 5.74) is 7.04. The summed E-state index contributed by atoms with van der Waals surface area (Å²) in [6.07, 6.45) is 2.04. The summed E-state index contributed by atoms with van der Waals surface area (Å²) in [7, 11) is 1.33. The molecule has 0 aliphatic heterocycles. The first kappa shape index (κ1) is 17.7. The zero-order valence-electron chi connectivity index (χ0n) is 13.1. The fourth-order valence-corrected chi connectivity index (χ4v) is 2.93. The van der Waals surface area contributed by atoms with E-state index in [0.717, 1.165) is 18.4 Å². The van der Waals surface area contributed by atoms with E-state index in [9.17, 15) is 9.59 Å². The summed E-state index contributed by atoms with van der Waals surface area (Å²) in [5, 5.41) is 4.66. The van der Waals surface area contributed by atoms with Crippen LogP contribution in [0.1, 0.15) is 48.3 Å². The van der Waals surface area contributed by atoms with Crippen molar-refractivity contribution in [3.05, 3.63) is 15.8 Å². The highest BCUT2D eigenvalue weighted by Gasteiger charge is 2.21. The van der Waals surface area contributed by atoms with Crippen molar-refractivity contribution >= 4 is 28.9 Å². The number of amides is 1. The lowest BCUT2D eigenvalue weighted by Gasteiger charge is -2.23. The van der Waals surface area contributed by atoms with Crippen molar-refractivity contribution in [1.82, 2.24) is 0 Å². The Bertz CT molecular complexity index is 509. The number of carbonyl (C=O) groups excluding carboxylic acids is 2. The van der Waals surface area contributed by atoms with Crippen LogP contribution < -0.4 is 11.1 Å². The van der Waals surface area contributed by atoms with Crippen LogP contribution in [0.4, 0.5) is 5.69 Å². The summed E-state index contributed by atoms with van der Waals surface area (Å²) < 4.78 is 4.72. The fourth-order valence-electron chi connectivity index (χ4n) is 2.01. The number of hydrogen-bond donors (Lipinski definition) is 2. The Morgan fingerprint density at radius 3 is 2.62 bits per heavy atom. The molecule has 0 aliphatic carbocycles. The Morgan fingerprint density at radius 2 is 2.05 bits per heavy atom. The van der Waals surface area contributed by atoms with E-state index in [-0.39, 0.29) is 11.3 Å². The van der Waals surface area contributed by atoms with Gasteiger partial charge in [0, 0.05) is 6.42 Å². The number of nitrogens with two attached hydrogens (primary N) is 1. The first-order chi connectivity index (χ1) is 9.80. The molecular weight excluding hydrogens is 288 g/mol. The molecule has 21 heavy (non-hydrogen) atoms. The first-order valence-electron chi connectivity index (χ1n) is 6.97. The predicted octanol–water partition coefficient (Wildman–Crippen LogP) is 2.94. The molecule has 118 valence electrons. The van der Waals surface area contributed by atoms with Gasteiger partial charge >= 0.3 is 5.97 Å². The third kappa shape index (κ3) is 5.13. The van der Waals surface area contributed by atoms with E-state index >= 15 is 0 Å². The van der Waals surface area contributed by atoms with Crippen LogP contribution in [0.3, 0.4) is 0 Å². The minimum Gasteiger partial charge on any atom is -0.465 e. The minimum absolute atomic E-state index is 0.0426. The maximum absolute atomic E-state index is 12.1. The van der Waals surface area contributed by atoms with Gasteiger partial charge in [-0.25, -0.2) is 4.79 Å². The molecule has 0 saturated heterocycles. The molecule has 1 aromatic heterocycles. The van der Waals surface area contributed by atoms with E-state index in [4.69, 9.17) is 10.5 Å². The van der Waals surface area contributed by atoms with Gasteiger partial charge in [-0.1, -0.05) is 13.8 Å². The largest absolute Gasteiger partial charge is 0.465 e. The van der Waals surface area contributed by atoms with Crippen LogP contribution in [0.15, 0.2) is 5.38 Å². The van der Waals surface area contributed by atoms with Crippen LogP contribution >= 0.6 is 11.3 Å². The monoisotopic (exact) mass is 312 g/mol. The van der Waals surface area contributed by atoms with Crippen LogP contribution in [0.2, 0.25) is 0 Å². The molecule has 1 rings (SSSR count). The molecule has 3 N–H and O–H groups in total. The maximum Gasteiger partial charge on any atom is 0.350 e. The van der Waals surface area contributed by atoms with Crippen LogP contribution in [0.25, 0.3) is 0 Å². The zero-order valence-corrected chi connectivity index (χ0v) is 13.9. The van der Waals surface area contributed by atoms with Gasteiger partial charge in [0.15, 0.2) is 0 Å². The maximum atomic E-state index is 12.1. The van der Waals surface area contributed by atoms with Gasteiger partial charge in [0.1, 0.15) is 4.88 Å². The molecule has 0 saturated carbocycles. The molecule has 0 atom stereocenters. The fraction of sp³-hybridized carbons (Fsp3) is 0.600. The molecule has 0 unspecified atom stereocenters. The van der Waals surface area contributed by atoms with Crippen molar-refractivity contribution in [2.75, 3.05) is 19.0 Å². The van der Waals surface area contributed by atoms with E-state index in [1.54, 1.807) is 0 Å². The number of anilines is 1. The van der Waals surface area contributed by atoms with Crippen molar-refractivity contribution in [2.45, 2.75) is 40.0 Å². The van der Waals surface area contributed by atoms with Crippen molar-refractivity contribution < 1.29 is 14.3 Å². The highest BCUT2D eigenvalue weighted by atomic mass is 32.1. The van der Waals surface area contributed by atoms with Crippen LogP contribution in [0, 0.1) is 12.3 Å². The molecule has 6 heteroatoms. The Morgan fingerprint density at radius 1 is 1.38 bits per heavy atom. The second kappa shape index (κ2) is 7.56. The Labute approximate surface area is 129 Å². The van der Waals surface area contributed by atoms with Gasteiger partial charge in [0.25, 0.3) is 0 Å². The van der Waals surface area contributed by atoms with Crippen LogP contribution in [-0.2, 0) is 9.53 Å². The number of hydrogen-bond acceptors (Lipinski definition) is 5. The molecule has 5 nitrogen and oxygen atoms in total. The molecule has 0 bridgehead atoms. The molecule has 0 fully saturated rings. The SMILES string of the molecule is COC(=O)c1scc(C)c1NC(=O)CCC(C)(C)CCN. The quantitative estimate of drug-likeness (QED) is 0.758. The average molecular weight is 312 g/mol. The predicted molar refractivity (Wildman–Crippen MR) is 85.7 cm³/mol. The zero-order chi connectivity index (χ0) is 16.0. The van der Waals surface area contributed by atoms with Crippen molar-refractivity contribution in [3.8, 4) is 0 Å². The Kier molecular flexibility index (Phi) is 6.36. The normalized spacial score (nSPS) is 11.3. The van der Waals surface area contributed by atoms with Crippen molar-refractivity contribution in [1.29, 1.82) is 0 Å².